The Morgan fingerprint density at radius 3 is 2.58 bits per heavy atom. The molecule has 0 unspecified atom stereocenters. The molecule has 31 heavy (non-hydrogen) atoms. The third-order valence-electron chi connectivity index (χ3n) is 8.52. The summed E-state index contributed by atoms with van der Waals surface area (Å²) in [5.74, 6) is 3.56. The molecular weight excluding hydrogens is 380 g/mol. The van der Waals surface area contributed by atoms with Crippen molar-refractivity contribution in [3.8, 4) is 5.75 Å². The summed E-state index contributed by atoms with van der Waals surface area (Å²) in [6.45, 7) is 6.69. The molecule has 0 bridgehead atoms. The van der Waals surface area contributed by atoms with Crippen LogP contribution in [0.1, 0.15) is 80.5 Å². The summed E-state index contributed by atoms with van der Waals surface area (Å²) in [6.07, 6.45) is 7.53. The third kappa shape index (κ3) is 3.35. The Hall–Kier alpha value is -2.35. The van der Waals surface area contributed by atoms with Gasteiger partial charge in [-0.2, -0.15) is 0 Å². The molecular formula is C29H34O2. The van der Waals surface area contributed by atoms with E-state index in [1.807, 2.05) is 0 Å². The van der Waals surface area contributed by atoms with Gasteiger partial charge < -0.3 is 4.74 Å². The van der Waals surface area contributed by atoms with Crippen molar-refractivity contribution in [2.24, 2.45) is 17.3 Å². The van der Waals surface area contributed by atoms with Crippen molar-refractivity contribution >= 4 is 11.9 Å². The smallest absolute Gasteiger partial charge is 0.165 e. The van der Waals surface area contributed by atoms with Crippen molar-refractivity contribution in [2.45, 2.75) is 64.7 Å². The zero-order valence-corrected chi connectivity index (χ0v) is 19.3. The molecule has 0 radical (unpaired) electrons. The molecule has 2 fully saturated rings. The molecule has 2 aromatic carbocycles. The first-order valence-electron chi connectivity index (χ1n) is 11.9. The largest absolute Gasteiger partial charge is 0.497 e. The average Bonchev–Trinajstić information content (AvgIpc) is 3.04. The number of carbonyl (C=O) groups excluding carboxylic acids is 1. The Morgan fingerprint density at radius 1 is 1.10 bits per heavy atom. The van der Waals surface area contributed by atoms with Gasteiger partial charge in [0.2, 0.25) is 0 Å². The lowest BCUT2D eigenvalue weighted by Crippen LogP contribution is -2.42. The number of benzene rings is 2. The monoisotopic (exact) mass is 414 g/mol. The maximum absolute atomic E-state index is 13.6. The first-order valence-corrected chi connectivity index (χ1v) is 11.9. The van der Waals surface area contributed by atoms with Gasteiger partial charge >= 0.3 is 0 Å². The Bertz CT molecular complexity index is 1030. The maximum Gasteiger partial charge on any atom is 0.165 e. The number of fused-ring (bicyclic) bond motifs is 5. The van der Waals surface area contributed by atoms with Crippen LogP contribution in [-0.2, 0) is 11.2 Å². The van der Waals surface area contributed by atoms with Gasteiger partial charge in [-0.25, -0.2) is 0 Å². The Labute approximate surface area is 186 Å². The summed E-state index contributed by atoms with van der Waals surface area (Å²) >= 11 is 0. The Kier molecular flexibility index (Phi) is 5.07. The number of rotatable bonds is 3. The standard InChI is InChI=1S/C29H34O2/c1-18(2)20-7-5-19(6-8-20)15-22-17-27-26-11-9-21-16-23(31-4)10-12-24(21)25(26)13-14-29(27,3)28(22)30/h5-8,10,12,15-16,18,25-27H,9,11,13-14,17H2,1-4H3/b22-15+/t25-,26-,27+,29-/m1/s1. The molecule has 4 atom stereocenters. The van der Waals surface area contributed by atoms with Crippen LogP contribution < -0.4 is 4.74 Å². The summed E-state index contributed by atoms with van der Waals surface area (Å²) in [5.41, 5.74) is 6.33. The lowest BCUT2D eigenvalue weighted by atomic mass is 9.55. The minimum absolute atomic E-state index is 0.186. The SMILES string of the molecule is COc1ccc2c(c1)CC[C@@H]1[C@@H]2CC[C@@]2(C)C(=O)/C(=C/c3ccc(C(C)C)cc3)C[C@@H]12. The van der Waals surface area contributed by atoms with Crippen molar-refractivity contribution < 1.29 is 9.53 Å². The number of ketones is 1. The van der Waals surface area contributed by atoms with Crippen LogP contribution >= 0.6 is 0 Å². The highest BCUT2D eigenvalue weighted by Crippen LogP contribution is 2.60. The minimum Gasteiger partial charge on any atom is -0.497 e. The fraction of sp³-hybridized carbons (Fsp3) is 0.483. The number of methoxy groups -OCH3 is 1. The number of carbonyl (C=O) groups is 1. The molecule has 0 aromatic heterocycles. The molecule has 0 saturated heterocycles. The average molecular weight is 415 g/mol. The quantitative estimate of drug-likeness (QED) is 0.509. The van der Waals surface area contributed by atoms with E-state index >= 15 is 0 Å². The van der Waals surface area contributed by atoms with Crippen LogP contribution in [0, 0.1) is 17.3 Å². The van der Waals surface area contributed by atoms with E-state index in [-0.39, 0.29) is 5.41 Å². The van der Waals surface area contributed by atoms with Crippen molar-refractivity contribution in [2.75, 3.05) is 7.11 Å². The van der Waals surface area contributed by atoms with Gasteiger partial charge in [-0.05, 0) is 102 Å². The molecule has 0 spiro atoms. The van der Waals surface area contributed by atoms with Crippen LogP contribution in [0.25, 0.3) is 6.08 Å². The first-order chi connectivity index (χ1) is 14.9. The molecule has 5 rings (SSSR count). The lowest BCUT2D eigenvalue weighted by molar-refractivity contribution is -0.127. The van der Waals surface area contributed by atoms with Crippen molar-refractivity contribution in [1.82, 2.24) is 0 Å². The molecule has 0 heterocycles. The summed E-state index contributed by atoms with van der Waals surface area (Å²) < 4.78 is 5.45. The number of aryl methyl sites for hydroxylation is 1. The van der Waals surface area contributed by atoms with Crippen LogP contribution in [0.5, 0.6) is 5.75 Å². The minimum atomic E-state index is -0.186. The van der Waals surface area contributed by atoms with Crippen LogP contribution in [0.3, 0.4) is 0 Å². The van der Waals surface area contributed by atoms with E-state index < -0.39 is 0 Å². The van der Waals surface area contributed by atoms with Crippen molar-refractivity contribution in [3.05, 3.63) is 70.3 Å². The van der Waals surface area contributed by atoms with Crippen LogP contribution in [0.4, 0.5) is 0 Å². The molecule has 2 saturated carbocycles. The Balaban J connectivity index is 1.43. The van der Waals surface area contributed by atoms with Crippen LogP contribution in [-0.4, -0.2) is 12.9 Å². The molecule has 3 aliphatic carbocycles. The highest BCUT2D eigenvalue weighted by molar-refractivity contribution is 6.06. The first kappa shape index (κ1) is 20.5. The molecule has 2 aromatic rings. The van der Waals surface area contributed by atoms with Crippen LogP contribution in [0.2, 0.25) is 0 Å². The zero-order valence-electron chi connectivity index (χ0n) is 19.3. The van der Waals surface area contributed by atoms with E-state index in [1.54, 1.807) is 7.11 Å². The third-order valence-corrected chi connectivity index (χ3v) is 8.52. The number of hydrogen-bond acceptors (Lipinski definition) is 2. The predicted octanol–water partition coefficient (Wildman–Crippen LogP) is 6.94. The van der Waals surface area contributed by atoms with Gasteiger partial charge in [-0.15, -0.1) is 0 Å². The molecule has 0 amide bonds. The highest BCUT2D eigenvalue weighted by Gasteiger charge is 2.56. The molecule has 0 N–H and O–H groups in total. The molecule has 0 aliphatic heterocycles. The van der Waals surface area contributed by atoms with E-state index in [2.05, 4.69) is 69.3 Å². The second kappa shape index (κ2) is 7.65. The normalized spacial score (nSPS) is 30.8. The van der Waals surface area contributed by atoms with Gasteiger partial charge in [-0.3, -0.25) is 4.79 Å². The van der Waals surface area contributed by atoms with Crippen LogP contribution in [0.15, 0.2) is 48.0 Å². The second-order valence-electron chi connectivity index (χ2n) is 10.5. The van der Waals surface area contributed by atoms with E-state index in [0.29, 0.717) is 29.5 Å². The second-order valence-corrected chi connectivity index (χ2v) is 10.5. The number of hydrogen-bond donors (Lipinski definition) is 0. The summed E-state index contributed by atoms with van der Waals surface area (Å²) in [6, 6.07) is 15.4. The summed E-state index contributed by atoms with van der Waals surface area (Å²) in [4.78, 5) is 13.6. The van der Waals surface area contributed by atoms with Gasteiger partial charge in [-0.1, -0.05) is 51.1 Å². The number of allylic oxidation sites excluding steroid dienone is 1. The molecule has 2 heteroatoms. The zero-order chi connectivity index (χ0) is 21.8. The van der Waals surface area contributed by atoms with Gasteiger partial charge in [0.15, 0.2) is 5.78 Å². The fourth-order valence-corrected chi connectivity index (χ4v) is 6.66. The van der Waals surface area contributed by atoms with E-state index in [9.17, 15) is 4.79 Å². The summed E-state index contributed by atoms with van der Waals surface area (Å²) in [5, 5.41) is 0. The van der Waals surface area contributed by atoms with Crippen molar-refractivity contribution in [1.29, 1.82) is 0 Å². The molecule has 162 valence electrons. The van der Waals surface area contributed by atoms with E-state index in [0.717, 1.165) is 42.6 Å². The molecule has 2 nitrogen and oxygen atoms in total. The Morgan fingerprint density at radius 2 is 1.87 bits per heavy atom. The van der Waals surface area contributed by atoms with Crippen molar-refractivity contribution in [3.63, 3.8) is 0 Å². The number of Topliss-reactive ketones (excluding diaryl/α,β-unsaturated/α-hetero) is 1. The van der Waals surface area contributed by atoms with Gasteiger partial charge in [0.1, 0.15) is 5.75 Å². The summed E-state index contributed by atoms with van der Waals surface area (Å²) in [7, 11) is 1.74. The fourth-order valence-electron chi connectivity index (χ4n) is 6.66. The van der Waals surface area contributed by atoms with Gasteiger partial charge in [0, 0.05) is 5.41 Å². The predicted molar refractivity (Wildman–Crippen MR) is 127 cm³/mol. The van der Waals surface area contributed by atoms with E-state index in [4.69, 9.17) is 4.74 Å². The highest BCUT2D eigenvalue weighted by atomic mass is 16.5. The van der Waals surface area contributed by atoms with E-state index in [1.165, 1.54) is 23.1 Å². The number of ether oxygens (including phenoxy) is 1. The van der Waals surface area contributed by atoms with Gasteiger partial charge in [0.25, 0.3) is 0 Å². The topological polar surface area (TPSA) is 26.3 Å². The molecule has 3 aliphatic rings. The lowest BCUT2D eigenvalue weighted by Gasteiger charge is -2.48. The maximum atomic E-state index is 13.6. The van der Waals surface area contributed by atoms with Gasteiger partial charge in [0.05, 0.1) is 7.11 Å².